The van der Waals surface area contributed by atoms with Gasteiger partial charge in [-0.15, -0.1) is 0 Å². The molecular weight excluding hydrogens is 458 g/mol. The lowest BCUT2D eigenvalue weighted by Crippen LogP contribution is -2.30. The molecule has 0 radical (unpaired) electrons. The Hall–Kier alpha value is -3.71. The number of fused-ring (bicyclic) bond motifs is 1. The molecule has 2 aliphatic heterocycles. The third-order valence-corrected chi connectivity index (χ3v) is 7.55. The second-order valence-corrected chi connectivity index (χ2v) is 10.3. The normalized spacial score (nSPS) is 16.7. The topological polar surface area (TPSA) is 73.0 Å². The van der Waals surface area contributed by atoms with E-state index in [1.807, 2.05) is 24.7 Å². The quantitative estimate of drug-likeness (QED) is 0.325. The fourth-order valence-electron chi connectivity index (χ4n) is 5.56. The maximum atomic E-state index is 4.60. The number of piperidine rings is 2. The minimum Gasteiger partial charge on any atom is -0.357 e. The zero-order valence-electron chi connectivity index (χ0n) is 21.4. The lowest BCUT2D eigenvalue weighted by molar-refractivity contribution is 0.220. The van der Waals surface area contributed by atoms with E-state index in [9.17, 15) is 0 Å². The van der Waals surface area contributed by atoms with Gasteiger partial charge in [0.15, 0.2) is 0 Å². The first kappa shape index (κ1) is 23.7. The van der Waals surface area contributed by atoms with Crippen LogP contribution in [0.15, 0.2) is 61.6 Å². The van der Waals surface area contributed by atoms with Crippen LogP contribution in [0.3, 0.4) is 0 Å². The van der Waals surface area contributed by atoms with E-state index in [-0.39, 0.29) is 0 Å². The molecule has 5 heterocycles. The van der Waals surface area contributed by atoms with Crippen LogP contribution in [0.1, 0.15) is 49.8 Å². The summed E-state index contributed by atoms with van der Waals surface area (Å²) in [6, 6.07) is 12.8. The van der Waals surface area contributed by atoms with E-state index in [1.54, 1.807) is 0 Å². The highest BCUT2D eigenvalue weighted by atomic mass is 15.2. The Bertz CT molecular complexity index is 1380. The SMILES string of the molecule is C=C(Nc1ccnc(N2CCCCC2)c1)c1n[nH]c2ccc(-c3cncc(CN4CCCCC4)c3)cc12. The Balaban J connectivity index is 1.22. The molecule has 4 aromatic rings. The molecule has 2 saturated heterocycles. The van der Waals surface area contributed by atoms with Gasteiger partial charge in [-0.3, -0.25) is 15.0 Å². The summed E-state index contributed by atoms with van der Waals surface area (Å²) in [5, 5.41) is 12.3. The first-order valence-electron chi connectivity index (χ1n) is 13.5. The molecule has 6 rings (SSSR count). The number of nitrogens with zero attached hydrogens (tertiary/aromatic N) is 5. The molecule has 1 aromatic carbocycles. The fourth-order valence-corrected chi connectivity index (χ4v) is 5.56. The van der Waals surface area contributed by atoms with E-state index in [0.717, 1.165) is 64.6 Å². The summed E-state index contributed by atoms with van der Waals surface area (Å²) in [7, 11) is 0. The van der Waals surface area contributed by atoms with E-state index in [2.05, 4.69) is 72.2 Å². The van der Waals surface area contributed by atoms with Gasteiger partial charge >= 0.3 is 0 Å². The molecule has 2 N–H and O–H groups in total. The zero-order valence-corrected chi connectivity index (χ0v) is 21.4. The number of aromatic amines is 1. The van der Waals surface area contributed by atoms with Crippen LogP contribution < -0.4 is 10.2 Å². The summed E-state index contributed by atoms with van der Waals surface area (Å²) in [5.41, 5.74) is 7.07. The molecule has 7 heteroatoms. The van der Waals surface area contributed by atoms with Crippen molar-refractivity contribution in [1.29, 1.82) is 0 Å². The number of hydrogen-bond acceptors (Lipinski definition) is 6. The molecule has 0 atom stereocenters. The van der Waals surface area contributed by atoms with Gasteiger partial charge in [0.05, 0.1) is 11.2 Å². The summed E-state index contributed by atoms with van der Waals surface area (Å²) >= 11 is 0. The van der Waals surface area contributed by atoms with Crippen molar-refractivity contribution in [3.8, 4) is 11.1 Å². The Labute approximate surface area is 218 Å². The molecule has 7 nitrogen and oxygen atoms in total. The smallest absolute Gasteiger partial charge is 0.130 e. The molecule has 3 aromatic heterocycles. The van der Waals surface area contributed by atoms with Crippen molar-refractivity contribution < 1.29 is 0 Å². The van der Waals surface area contributed by atoms with E-state index in [4.69, 9.17) is 0 Å². The number of hydrogen-bond donors (Lipinski definition) is 2. The monoisotopic (exact) mass is 493 g/mol. The Morgan fingerprint density at radius 2 is 1.70 bits per heavy atom. The first-order chi connectivity index (χ1) is 18.2. The lowest BCUT2D eigenvalue weighted by Gasteiger charge is -2.28. The van der Waals surface area contributed by atoms with Crippen molar-refractivity contribution in [2.45, 2.75) is 45.1 Å². The highest BCUT2D eigenvalue weighted by Gasteiger charge is 2.15. The van der Waals surface area contributed by atoms with Gasteiger partial charge in [-0.05, 0) is 80.6 Å². The molecule has 2 fully saturated rings. The number of nitrogens with one attached hydrogen (secondary N) is 2. The number of benzene rings is 1. The second-order valence-electron chi connectivity index (χ2n) is 10.3. The average Bonchev–Trinajstić information content (AvgIpc) is 3.38. The van der Waals surface area contributed by atoms with E-state index in [0.29, 0.717) is 0 Å². The largest absolute Gasteiger partial charge is 0.357 e. The molecule has 2 aliphatic rings. The molecule has 0 aliphatic carbocycles. The maximum Gasteiger partial charge on any atom is 0.130 e. The third-order valence-electron chi connectivity index (χ3n) is 7.55. The highest BCUT2D eigenvalue weighted by Crippen LogP contribution is 2.30. The fraction of sp³-hybridized carbons (Fsp3) is 0.367. The first-order valence-corrected chi connectivity index (χ1v) is 13.5. The molecule has 190 valence electrons. The number of aromatic nitrogens is 4. The summed E-state index contributed by atoms with van der Waals surface area (Å²) in [6.07, 6.45) is 13.5. The van der Waals surface area contributed by atoms with E-state index in [1.165, 1.54) is 57.2 Å². The maximum absolute atomic E-state index is 4.60. The van der Waals surface area contributed by atoms with Crippen molar-refractivity contribution in [2.24, 2.45) is 0 Å². The Morgan fingerprint density at radius 3 is 2.54 bits per heavy atom. The van der Waals surface area contributed by atoms with Gasteiger partial charge in [-0.1, -0.05) is 19.1 Å². The van der Waals surface area contributed by atoms with Crippen LogP contribution in [0.5, 0.6) is 0 Å². The summed E-state index contributed by atoms with van der Waals surface area (Å²) in [6.45, 7) is 9.78. The van der Waals surface area contributed by atoms with Crippen LogP contribution in [0.2, 0.25) is 0 Å². The predicted octanol–water partition coefficient (Wildman–Crippen LogP) is 6.08. The van der Waals surface area contributed by atoms with Crippen molar-refractivity contribution >= 4 is 28.1 Å². The van der Waals surface area contributed by atoms with Crippen molar-refractivity contribution in [3.63, 3.8) is 0 Å². The lowest BCUT2D eigenvalue weighted by atomic mass is 10.0. The standard InChI is InChI=1S/C30H35N7/c1-22(33-26-10-11-32-29(18-26)37-14-6-3-7-15-37)30-27-17-24(8-9-28(27)34-35-30)25-16-23(19-31-20-25)21-36-12-4-2-5-13-36/h8-11,16-20H,1-7,12-15,21H2,(H,32,33)(H,34,35). The summed E-state index contributed by atoms with van der Waals surface area (Å²) < 4.78 is 0. The summed E-state index contributed by atoms with van der Waals surface area (Å²) in [5.74, 6) is 1.02. The Morgan fingerprint density at radius 1 is 0.892 bits per heavy atom. The second kappa shape index (κ2) is 10.7. The minimum atomic E-state index is 0.760. The van der Waals surface area contributed by atoms with Crippen LogP contribution in [0, 0.1) is 0 Å². The van der Waals surface area contributed by atoms with Gasteiger partial charge in [-0.2, -0.15) is 5.10 Å². The van der Waals surface area contributed by atoms with Crippen LogP contribution >= 0.6 is 0 Å². The molecule has 37 heavy (non-hydrogen) atoms. The molecule has 0 bridgehead atoms. The van der Waals surface area contributed by atoms with E-state index >= 15 is 0 Å². The molecule has 0 spiro atoms. The molecule has 0 unspecified atom stereocenters. The number of H-pyrrole nitrogens is 1. The average molecular weight is 494 g/mol. The van der Waals surface area contributed by atoms with Crippen molar-refractivity contribution in [2.75, 3.05) is 36.4 Å². The van der Waals surface area contributed by atoms with Crippen LogP contribution in [0.4, 0.5) is 11.5 Å². The van der Waals surface area contributed by atoms with Crippen molar-refractivity contribution in [3.05, 3.63) is 72.8 Å². The molecular formula is C30H35N7. The van der Waals surface area contributed by atoms with Gasteiger partial charge in [0.2, 0.25) is 0 Å². The zero-order chi connectivity index (χ0) is 25.0. The third kappa shape index (κ3) is 5.37. The predicted molar refractivity (Wildman–Crippen MR) is 151 cm³/mol. The number of rotatable bonds is 7. The number of anilines is 2. The molecule has 0 saturated carbocycles. The summed E-state index contributed by atoms with van der Waals surface area (Å²) in [4.78, 5) is 14.1. The highest BCUT2D eigenvalue weighted by molar-refractivity contribution is 5.95. The van der Waals surface area contributed by atoms with Gasteiger partial charge in [-0.25, -0.2) is 4.98 Å². The van der Waals surface area contributed by atoms with Gasteiger partial charge in [0, 0.05) is 60.9 Å². The van der Waals surface area contributed by atoms with Crippen LogP contribution in [0.25, 0.3) is 27.7 Å². The molecule has 0 amide bonds. The van der Waals surface area contributed by atoms with Crippen LogP contribution in [-0.2, 0) is 6.54 Å². The van der Waals surface area contributed by atoms with Gasteiger partial charge in [0.1, 0.15) is 11.5 Å². The number of likely N-dealkylation sites (tertiary alicyclic amines) is 1. The van der Waals surface area contributed by atoms with Crippen LogP contribution in [-0.4, -0.2) is 51.2 Å². The number of pyridine rings is 2. The minimum absolute atomic E-state index is 0.760. The van der Waals surface area contributed by atoms with E-state index < -0.39 is 0 Å². The van der Waals surface area contributed by atoms with Gasteiger partial charge in [0.25, 0.3) is 0 Å². The van der Waals surface area contributed by atoms with Crippen molar-refractivity contribution in [1.82, 2.24) is 25.1 Å². The Kier molecular flexibility index (Phi) is 6.86. The van der Waals surface area contributed by atoms with Gasteiger partial charge < -0.3 is 10.2 Å².